The topological polar surface area (TPSA) is 157 Å². The average molecular weight is 319 g/mol. The van der Waals surface area contributed by atoms with Crippen molar-refractivity contribution >= 4 is 13.6 Å². The molecule has 0 aromatic carbocycles. The average Bonchev–Trinajstić information content (AvgIpc) is 2.67. The summed E-state index contributed by atoms with van der Waals surface area (Å²) >= 11 is 0. The highest BCUT2D eigenvalue weighted by Crippen LogP contribution is 2.38. The first-order valence-electron chi connectivity index (χ1n) is 5.64. The molecule has 0 amide bonds. The first kappa shape index (κ1) is 15.1. The van der Waals surface area contributed by atoms with Crippen LogP contribution in [-0.2, 0) is 13.8 Å². The zero-order valence-corrected chi connectivity index (χ0v) is 11.1. The summed E-state index contributed by atoms with van der Waals surface area (Å²) in [6.45, 7) is -0.487. The molecule has 2 rings (SSSR count). The molecule has 0 bridgehead atoms. The van der Waals surface area contributed by atoms with E-state index in [0.29, 0.717) is 0 Å². The van der Waals surface area contributed by atoms with Crippen LogP contribution in [0.1, 0.15) is 12.6 Å². The molecule has 3 atom stereocenters. The molecule has 0 unspecified atom stereocenters. The Morgan fingerprint density at radius 2 is 2.30 bits per heavy atom. The van der Waals surface area contributed by atoms with E-state index in [1.54, 1.807) is 0 Å². The van der Waals surface area contributed by atoms with Gasteiger partial charge in [-0.2, -0.15) is 4.98 Å². The Hall–Kier alpha value is -1.29. The summed E-state index contributed by atoms with van der Waals surface area (Å²) in [5.41, 5.74) is 4.72. The lowest BCUT2D eigenvalue weighted by Crippen LogP contribution is -2.28. The normalized spacial score (nSPS) is 26.9. The summed E-state index contributed by atoms with van der Waals surface area (Å²) < 4.78 is 21.3. The lowest BCUT2D eigenvalue weighted by Gasteiger charge is -2.16. The number of nitrogens with zero attached hydrogens (tertiary/aromatic N) is 2. The molecule has 1 aromatic rings. The Kier molecular flexibility index (Phi) is 4.23. The number of phosphoric ester groups is 1. The Morgan fingerprint density at radius 1 is 1.60 bits per heavy atom. The second-order valence-corrected chi connectivity index (χ2v) is 5.50. The van der Waals surface area contributed by atoms with E-state index >= 15 is 0 Å². The Morgan fingerprint density at radius 3 is 2.90 bits per heavy atom. The van der Waals surface area contributed by atoms with Crippen molar-refractivity contribution in [1.29, 1.82) is 0 Å². The van der Waals surface area contributed by atoms with Crippen LogP contribution in [0.15, 0.2) is 17.1 Å². The molecule has 1 saturated heterocycles. The lowest BCUT2D eigenvalue weighted by atomic mass is 11.1. The van der Waals surface area contributed by atoms with Gasteiger partial charge < -0.3 is 25.4 Å². The van der Waals surface area contributed by atoms with E-state index in [-0.39, 0.29) is 12.2 Å². The number of aliphatic hydroxyl groups is 1. The number of hydrogen-bond acceptors (Lipinski definition) is 7. The molecule has 11 heteroatoms. The van der Waals surface area contributed by atoms with Gasteiger partial charge in [-0.3, -0.25) is 9.09 Å². The molecule has 10 nitrogen and oxygen atoms in total. The molecule has 0 spiro atoms. The smallest absolute Gasteiger partial charge is 0.390 e. The Labute approximate surface area is 113 Å². The van der Waals surface area contributed by atoms with Gasteiger partial charge in [0.1, 0.15) is 18.1 Å². The zero-order chi connectivity index (χ0) is 14.9. The summed E-state index contributed by atoms with van der Waals surface area (Å²) in [6.07, 6.45) is -1.32. The minimum atomic E-state index is -4.64. The number of nitrogens with two attached hydrogens (primary N) is 1. The van der Waals surface area contributed by atoms with E-state index in [2.05, 4.69) is 9.51 Å². The number of nitrogen functional groups attached to an aromatic ring is 1. The minimum Gasteiger partial charge on any atom is -0.390 e. The van der Waals surface area contributed by atoms with Crippen molar-refractivity contribution in [3.8, 4) is 0 Å². The fourth-order valence-corrected chi connectivity index (χ4v) is 2.19. The number of aromatic nitrogens is 2. The molecular weight excluding hydrogens is 305 g/mol. The third-order valence-corrected chi connectivity index (χ3v) is 3.26. The van der Waals surface area contributed by atoms with E-state index < -0.39 is 38.6 Å². The van der Waals surface area contributed by atoms with Crippen LogP contribution in [0.2, 0.25) is 0 Å². The molecule has 5 N–H and O–H groups in total. The van der Waals surface area contributed by atoms with Crippen LogP contribution in [0, 0.1) is 0 Å². The minimum absolute atomic E-state index is 0.0613. The third kappa shape index (κ3) is 3.63. The molecule has 1 fully saturated rings. The van der Waals surface area contributed by atoms with Crippen LogP contribution in [0.4, 0.5) is 5.82 Å². The van der Waals surface area contributed by atoms with Gasteiger partial charge in [0.05, 0.1) is 12.7 Å². The standard InChI is InChI=1S/C9H14N3O7P/c10-7-1-2-12(9(14)11-7)8-3-5(13)6(19-8)4-18-20(15,16)17/h1-2,5-6,8,13H,3-4H2,(H2,10,11,14)(H2,15,16,17)/t5-,6+,8+/m0/s1/i1+1,2+1,3+1,4+1,5+1,6+1,7+1,8+1,9+1,10+1,11+1,12+1. The van der Waals surface area contributed by atoms with Gasteiger partial charge in [-0.05, 0) is 6.07 Å². The second kappa shape index (κ2) is 5.60. The molecular formula is C9H14N3O7P. The maximum Gasteiger partial charge on any atom is 0.469 e. The molecule has 20 heavy (non-hydrogen) atoms. The van der Waals surface area contributed by atoms with E-state index in [1.807, 2.05) is 0 Å². The summed E-state index contributed by atoms with van der Waals surface area (Å²) in [4.78, 5) is 32.3. The highest BCUT2D eigenvalue weighted by molar-refractivity contribution is 7.46. The van der Waals surface area contributed by atoms with Crippen molar-refractivity contribution in [2.45, 2.75) is 24.9 Å². The summed E-state index contributed by atoms with van der Waals surface area (Å²) in [7, 11) is -4.64. The summed E-state index contributed by atoms with van der Waals surface area (Å²) in [5, 5.41) is 9.74. The molecule has 0 aliphatic carbocycles. The Balaban J connectivity index is 2.06. The molecule has 0 radical (unpaired) electrons. The largest absolute Gasteiger partial charge is 0.469 e. The van der Waals surface area contributed by atoms with E-state index in [4.69, 9.17) is 20.3 Å². The first-order valence-corrected chi connectivity index (χ1v) is 7.17. The van der Waals surface area contributed by atoms with Crippen molar-refractivity contribution in [2.75, 3.05) is 12.3 Å². The second-order valence-electron chi connectivity index (χ2n) is 4.26. The van der Waals surface area contributed by atoms with Crippen molar-refractivity contribution in [3.05, 3.63) is 22.7 Å². The number of hydrogen-bond donors (Lipinski definition) is 4. The Bertz CT molecular complexity index is 585. The fourth-order valence-electron chi connectivity index (χ4n) is 1.85. The van der Waals surface area contributed by atoms with Crippen LogP contribution in [0.3, 0.4) is 0 Å². The van der Waals surface area contributed by atoms with Gasteiger partial charge in [0.15, 0.2) is 0 Å². The van der Waals surface area contributed by atoms with Crippen molar-refractivity contribution in [2.24, 2.45) is 0 Å². The van der Waals surface area contributed by atoms with Gasteiger partial charge in [0.25, 0.3) is 0 Å². The van der Waals surface area contributed by atoms with Gasteiger partial charge in [-0.15, -0.1) is 0 Å². The van der Waals surface area contributed by atoms with Gasteiger partial charge in [-0.1, -0.05) is 0 Å². The van der Waals surface area contributed by atoms with Crippen LogP contribution in [0.25, 0.3) is 0 Å². The molecule has 0 saturated carbocycles. The van der Waals surface area contributed by atoms with E-state index in [0.717, 1.165) is 4.57 Å². The monoisotopic (exact) mass is 319 g/mol. The molecule has 1 aliphatic heterocycles. The number of phosphoric acid groups is 1. The van der Waals surface area contributed by atoms with Crippen LogP contribution in [0.5, 0.6) is 0 Å². The quantitative estimate of drug-likeness (QED) is 0.297. The van der Waals surface area contributed by atoms with E-state index in [1.165, 1.54) is 12.3 Å². The summed E-state index contributed by atoms with van der Waals surface area (Å²) in [6, 6.07) is 1.40. The maximum absolute atomic E-state index is 11.6. The molecule has 1 aromatic heterocycles. The van der Waals surface area contributed by atoms with Crippen LogP contribution < -0.4 is 11.4 Å². The number of ether oxygens (including phenoxy) is 1. The van der Waals surface area contributed by atoms with Crippen LogP contribution >= 0.6 is 7.82 Å². The van der Waals surface area contributed by atoms with Crippen molar-refractivity contribution in [1.82, 2.24) is 9.55 Å². The SMILES string of the molecule is [15NH2][13c]1[13cH][13cH][15n]([13C@H]2[13CH2][13C@H](O)[13C@@H]([13CH2]OP(=O)(O)O)O2)[13c](=O)[15n]1. The van der Waals surface area contributed by atoms with Gasteiger partial charge in [-0.25, -0.2) is 9.36 Å². The number of aliphatic hydroxyl groups excluding tert-OH is 1. The first-order chi connectivity index (χ1) is 9.26. The van der Waals surface area contributed by atoms with Crippen molar-refractivity contribution in [3.63, 3.8) is 0 Å². The maximum atomic E-state index is 11.6. The summed E-state index contributed by atoms with van der Waals surface area (Å²) in [5.74, 6) is 0.0613. The predicted molar refractivity (Wildman–Crippen MR) is 65.4 cm³/mol. The molecule has 2 heterocycles. The van der Waals surface area contributed by atoms with Crippen molar-refractivity contribution < 1.29 is 28.7 Å². The van der Waals surface area contributed by atoms with Gasteiger partial charge in [0.2, 0.25) is 0 Å². The van der Waals surface area contributed by atoms with Crippen LogP contribution in [-0.4, -0.2) is 43.3 Å². The van der Waals surface area contributed by atoms with Gasteiger partial charge in [0, 0.05) is 12.6 Å². The van der Waals surface area contributed by atoms with E-state index in [9.17, 15) is 14.5 Å². The highest BCUT2D eigenvalue weighted by Gasteiger charge is 2.36. The lowest BCUT2D eigenvalue weighted by molar-refractivity contribution is -0.0450. The highest BCUT2D eigenvalue weighted by atomic mass is 31.2. The fraction of sp³-hybridized carbons (Fsp3) is 0.556. The molecule has 112 valence electrons. The predicted octanol–water partition coefficient (Wildman–Crippen LogP) is -1.42. The van der Waals surface area contributed by atoms with Gasteiger partial charge >= 0.3 is 13.5 Å². The number of rotatable bonds is 4. The molecule has 1 aliphatic rings. The zero-order valence-electron chi connectivity index (χ0n) is 10.2. The number of anilines is 1. The third-order valence-electron chi connectivity index (χ3n) is 2.77.